The molecular formula is C12H16N2O3. The van der Waals surface area contributed by atoms with Crippen LogP contribution in [0.4, 0.5) is 0 Å². The summed E-state index contributed by atoms with van der Waals surface area (Å²) in [5.74, 6) is -1.53. The Balaban J connectivity index is 2.73. The molecule has 1 aromatic heterocycles. The van der Waals surface area contributed by atoms with Crippen LogP contribution in [0.3, 0.4) is 0 Å². The third-order valence-electron chi connectivity index (χ3n) is 2.44. The fourth-order valence-electron chi connectivity index (χ4n) is 1.52. The predicted octanol–water partition coefficient (Wildman–Crippen LogP) is 0.597. The molecule has 0 aliphatic rings. The lowest BCUT2D eigenvalue weighted by atomic mass is 9.98. The summed E-state index contributed by atoms with van der Waals surface area (Å²) in [6.07, 6.45) is 0.341. The topological polar surface area (TPSA) is 82.3 Å². The predicted molar refractivity (Wildman–Crippen MR) is 62.0 cm³/mol. The van der Waals surface area contributed by atoms with Crippen LogP contribution < -0.4 is 5.73 Å². The van der Waals surface area contributed by atoms with Gasteiger partial charge < -0.3 is 10.5 Å². The molecule has 0 bridgehead atoms. The Morgan fingerprint density at radius 1 is 1.47 bits per heavy atom. The summed E-state index contributed by atoms with van der Waals surface area (Å²) >= 11 is 0. The third kappa shape index (κ3) is 4.22. The molecule has 0 saturated heterocycles. The Labute approximate surface area is 100.0 Å². The van der Waals surface area contributed by atoms with Gasteiger partial charge in [0, 0.05) is 17.8 Å². The van der Waals surface area contributed by atoms with Gasteiger partial charge in [0.2, 0.25) is 5.91 Å². The Bertz CT molecular complexity index is 418. The Morgan fingerprint density at radius 3 is 2.71 bits per heavy atom. The van der Waals surface area contributed by atoms with Crippen molar-refractivity contribution in [3.8, 4) is 0 Å². The van der Waals surface area contributed by atoms with Crippen molar-refractivity contribution in [2.45, 2.75) is 19.8 Å². The minimum absolute atomic E-state index is 0.0124. The molecular weight excluding hydrogens is 220 g/mol. The summed E-state index contributed by atoms with van der Waals surface area (Å²) in [5, 5.41) is 0. The minimum Gasteiger partial charge on any atom is -0.469 e. The molecule has 1 atom stereocenters. The molecule has 5 heteroatoms. The van der Waals surface area contributed by atoms with Crippen LogP contribution in [0, 0.1) is 12.8 Å². The molecule has 1 aromatic rings. The number of aromatic nitrogens is 1. The van der Waals surface area contributed by atoms with E-state index in [0.717, 1.165) is 11.4 Å². The van der Waals surface area contributed by atoms with Gasteiger partial charge in [0.1, 0.15) is 0 Å². The first-order valence-electron chi connectivity index (χ1n) is 5.31. The summed E-state index contributed by atoms with van der Waals surface area (Å²) in [5.41, 5.74) is 6.86. The molecule has 0 spiro atoms. The summed E-state index contributed by atoms with van der Waals surface area (Å²) in [6, 6.07) is 5.52. The second-order valence-corrected chi connectivity index (χ2v) is 3.85. The first kappa shape index (κ1) is 13.2. The van der Waals surface area contributed by atoms with Crippen LogP contribution in [0.2, 0.25) is 0 Å². The van der Waals surface area contributed by atoms with Crippen LogP contribution in [0.1, 0.15) is 17.8 Å². The van der Waals surface area contributed by atoms with Gasteiger partial charge in [-0.25, -0.2) is 0 Å². The van der Waals surface area contributed by atoms with Crippen molar-refractivity contribution in [2.75, 3.05) is 7.11 Å². The number of esters is 1. The van der Waals surface area contributed by atoms with E-state index >= 15 is 0 Å². The van der Waals surface area contributed by atoms with E-state index in [-0.39, 0.29) is 6.42 Å². The molecule has 0 radical (unpaired) electrons. The normalized spacial score (nSPS) is 11.9. The smallest absolute Gasteiger partial charge is 0.306 e. The minimum atomic E-state index is -0.572. The molecule has 1 rings (SSSR count). The largest absolute Gasteiger partial charge is 0.469 e. The number of aryl methyl sites for hydroxylation is 1. The van der Waals surface area contributed by atoms with Crippen LogP contribution in [-0.4, -0.2) is 24.0 Å². The number of pyridine rings is 1. The molecule has 1 heterocycles. The van der Waals surface area contributed by atoms with Crippen molar-refractivity contribution >= 4 is 11.9 Å². The average Bonchev–Trinajstić information content (AvgIpc) is 2.27. The maximum atomic E-state index is 11.2. The third-order valence-corrected chi connectivity index (χ3v) is 2.44. The van der Waals surface area contributed by atoms with E-state index in [2.05, 4.69) is 9.72 Å². The maximum absolute atomic E-state index is 11.2. The Kier molecular flexibility index (Phi) is 4.63. The maximum Gasteiger partial charge on any atom is 0.306 e. The lowest BCUT2D eigenvalue weighted by Crippen LogP contribution is -2.28. The molecule has 5 nitrogen and oxygen atoms in total. The highest BCUT2D eigenvalue weighted by Crippen LogP contribution is 2.11. The fraction of sp³-hybridized carbons (Fsp3) is 0.417. The molecule has 0 aromatic carbocycles. The van der Waals surface area contributed by atoms with Crippen molar-refractivity contribution < 1.29 is 14.3 Å². The molecule has 0 saturated carbocycles. The number of hydrogen-bond acceptors (Lipinski definition) is 4. The second kappa shape index (κ2) is 5.98. The number of nitrogens with two attached hydrogens (primary N) is 1. The van der Waals surface area contributed by atoms with Gasteiger partial charge in [-0.15, -0.1) is 0 Å². The van der Waals surface area contributed by atoms with Crippen molar-refractivity contribution in [1.29, 1.82) is 0 Å². The van der Waals surface area contributed by atoms with Gasteiger partial charge >= 0.3 is 5.97 Å². The van der Waals surface area contributed by atoms with Gasteiger partial charge in [-0.2, -0.15) is 0 Å². The number of carbonyl (C=O) groups excluding carboxylic acids is 2. The van der Waals surface area contributed by atoms with E-state index in [0.29, 0.717) is 6.42 Å². The van der Waals surface area contributed by atoms with Crippen LogP contribution in [0.5, 0.6) is 0 Å². The van der Waals surface area contributed by atoms with Crippen LogP contribution in [-0.2, 0) is 20.7 Å². The van der Waals surface area contributed by atoms with E-state index in [1.807, 2.05) is 19.1 Å². The number of hydrogen-bond donors (Lipinski definition) is 1. The van der Waals surface area contributed by atoms with E-state index < -0.39 is 17.8 Å². The lowest BCUT2D eigenvalue weighted by Gasteiger charge is -2.11. The number of rotatable bonds is 5. The molecule has 0 fully saturated rings. The van der Waals surface area contributed by atoms with Gasteiger partial charge in [-0.3, -0.25) is 14.6 Å². The zero-order valence-electron chi connectivity index (χ0n) is 9.97. The van der Waals surface area contributed by atoms with Crippen LogP contribution in [0.25, 0.3) is 0 Å². The quantitative estimate of drug-likeness (QED) is 0.759. The standard InChI is InChI=1S/C12H16N2O3/c1-8-4-3-5-10(14-8)6-9(12(13)16)7-11(15)17-2/h3-5,9H,6-7H2,1-2H3,(H2,13,16). The van der Waals surface area contributed by atoms with Gasteiger partial charge in [-0.05, 0) is 19.1 Å². The molecule has 1 amide bonds. The second-order valence-electron chi connectivity index (χ2n) is 3.85. The SMILES string of the molecule is COC(=O)CC(Cc1cccc(C)n1)C(N)=O. The zero-order chi connectivity index (χ0) is 12.8. The highest BCUT2D eigenvalue weighted by molar-refractivity contribution is 5.82. The van der Waals surface area contributed by atoms with Crippen LogP contribution >= 0.6 is 0 Å². The highest BCUT2D eigenvalue weighted by Gasteiger charge is 2.20. The van der Waals surface area contributed by atoms with Gasteiger partial charge in [0.05, 0.1) is 19.4 Å². The van der Waals surface area contributed by atoms with Crippen molar-refractivity contribution in [3.63, 3.8) is 0 Å². The number of nitrogens with zero attached hydrogens (tertiary/aromatic N) is 1. The molecule has 17 heavy (non-hydrogen) atoms. The summed E-state index contributed by atoms with van der Waals surface area (Å²) in [6.45, 7) is 1.86. The molecule has 0 aliphatic heterocycles. The number of amides is 1. The van der Waals surface area contributed by atoms with Crippen molar-refractivity contribution in [3.05, 3.63) is 29.6 Å². The number of ether oxygens (including phenoxy) is 1. The van der Waals surface area contributed by atoms with Gasteiger partial charge in [0.15, 0.2) is 0 Å². The highest BCUT2D eigenvalue weighted by atomic mass is 16.5. The fourth-order valence-corrected chi connectivity index (χ4v) is 1.52. The van der Waals surface area contributed by atoms with E-state index in [4.69, 9.17) is 5.73 Å². The van der Waals surface area contributed by atoms with Crippen molar-refractivity contribution in [1.82, 2.24) is 4.98 Å². The lowest BCUT2D eigenvalue weighted by molar-refractivity contribution is -0.143. The summed E-state index contributed by atoms with van der Waals surface area (Å²) in [4.78, 5) is 26.6. The molecule has 92 valence electrons. The summed E-state index contributed by atoms with van der Waals surface area (Å²) < 4.78 is 4.53. The molecule has 0 aliphatic carbocycles. The average molecular weight is 236 g/mol. The first-order valence-corrected chi connectivity index (χ1v) is 5.31. The zero-order valence-corrected chi connectivity index (χ0v) is 9.97. The number of methoxy groups -OCH3 is 1. The van der Waals surface area contributed by atoms with E-state index in [9.17, 15) is 9.59 Å². The Hall–Kier alpha value is -1.91. The molecule has 2 N–H and O–H groups in total. The van der Waals surface area contributed by atoms with E-state index in [1.54, 1.807) is 6.07 Å². The Morgan fingerprint density at radius 2 is 2.18 bits per heavy atom. The first-order chi connectivity index (χ1) is 8.02. The summed E-state index contributed by atoms with van der Waals surface area (Å²) in [7, 11) is 1.28. The number of carbonyl (C=O) groups is 2. The van der Waals surface area contributed by atoms with Crippen molar-refractivity contribution in [2.24, 2.45) is 11.7 Å². The monoisotopic (exact) mass is 236 g/mol. The van der Waals surface area contributed by atoms with Crippen LogP contribution in [0.15, 0.2) is 18.2 Å². The van der Waals surface area contributed by atoms with Gasteiger partial charge in [0.25, 0.3) is 0 Å². The van der Waals surface area contributed by atoms with Gasteiger partial charge in [-0.1, -0.05) is 6.07 Å². The molecule has 1 unspecified atom stereocenters. The van der Waals surface area contributed by atoms with E-state index in [1.165, 1.54) is 7.11 Å². The number of primary amides is 1.